The largest absolute Gasteiger partial charge is 0.369 e. The molecule has 0 aliphatic carbocycles. The van der Waals surface area contributed by atoms with Crippen LogP contribution in [0.5, 0.6) is 0 Å². The van der Waals surface area contributed by atoms with Gasteiger partial charge in [-0.3, -0.25) is 15.2 Å². The average molecular weight is 319 g/mol. The van der Waals surface area contributed by atoms with Crippen LogP contribution in [0, 0.1) is 11.3 Å². The predicted molar refractivity (Wildman–Crippen MR) is 93.8 cm³/mol. The van der Waals surface area contributed by atoms with Gasteiger partial charge in [0.25, 0.3) is 0 Å². The third-order valence-corrected chi connectivity index (χ3v) is 3.70. The maximum Gasteiger partial charge on any atom is 0.227 e. The number of benzene rings is 1. The van der Waals surface area contributed by atoms with Crippen LogP contribution in [0.1, 0.15) is 44.2 Å². The van der Waals surface area contributed by atoms with Crippen LogP contribution in [-0.4, -0.2) is 30.0 Å². The van der Waals surface area contributed by atoms with Gasteiger partial charge in [0, 0.05) is 13.1 Å². The first-order chi connectivity index (χ1) is 10.8. The van der Waals surface area contributed by atoms with Crippen LogP contribution >= 0.6 is 0 Å². The predicted octanol–water partition coefficient (Wildman–Crippen LogP) is 1.56. The van der Waals surface area contributed by atoms with Crippen molar-refractivity contribution in [2.45, 2.75) is 39.5 Å². The lowest BCUT2D eigenvalue weighted by Gasteiger charge is -2.17. The molecule has 1 amide bonds. The molecule has 1 aromatic carbocycles. The van der Waals surface area contributed by atoms with Crippen LogP contribution < -0.4 is 16.9 Å². The number of carbonyl (C=O) groups is 1. The van der Waals surface area contributed by atoms with Gasteiger partial charge < -0.3 is 11.1 Å². The van der Waals surface area contributed by atoms with Crippen LogP contribution in [0.4, 0.5) is 0 Å². The SMILES string of the molecule is CC(C)Cc1ccc([C@@H](C)C(=O)NCCCN(N)C(=N)N)cc1. The molecule has 1 aromatic rings. The minimum atomic E-state index is -0.190. The van der Waals surface area contributed by atoms with Crippen molar-refractivity contribution in [1.82, 2.24) is 10.3 Å². The minimum absolute atomic E-state index is 0.00648. The smallest absolute Gasteiger partial charge is 0.227 e. The van der Waals surface area contributed by atoms with Gasteiger partial charge in [-0.25, -0.2) is 5.84 Å². The van der Waals surface area contributed by atoms with Crippen molar-refractivity contribution in [2.24, 2.45) is 17.5 Å². The van der Waals surface area contributed by atoms with Gasteiger partial charge in [0.1, 0.15) is 0 Å². The molecule has 0 radical (unpaired) electrons. The lowest BCUT2D eigenvalue weighted by Crippen LogP contribution is -2.43. The van der Waals surface area contributed by atoms with Crippen molar-refractivity contribution in [3.05, 3.63) is 35.4 Å². The molecule has 1 rings (SSSR count). The van der Waals surface area contributed by atoms with E-state index in [2.05, 4.69) is 31.3 Å². The molecule has 0 saturated heterocycles. The molecule has 0 unspecified atom stereocenters. The molecule has 0 fully saturated rings. The Balaban J connectivity index is 2.42. The Hall–Kier alpha value is -2.08. The fraction of sp³-hybridized carbons (Fsp3) is 0.529. The van der Waals surface area contributed by atoms with Crippen molar-refractivity contribution in [1.29, 1.82) is 5.41 Å². The first-order valence-electron chi connectivity index (χ1n) is 8.04. The summed E-state index contributed by atoms with van der Waals surface area (Å²) in [7, 11) is 0. The lowest BCUT2D eigenvalue weighted by molar-refractivity contribution is -0.122. The molecular formula is C17H29N5O. The van der Waals surface area contributed by atoms with Gasteiger partial charge in [-0.1, -0.05) is 38.1 Å². The summed E-state index contributed by atoms with van der Waals surface area (Å²) in [6.07, 6.45) is 1.69. The summed E-state index contributed by atoms with van der Waals surface area (Å²) in [5.41, 5.74) is 7.55. The van der Waals surface area contributed by atoms with Crippen LogP contribution in [0.2, 0.25) is 0 Å². The van der Waals surface area contributed by atoms with E-state index in [9.17, 15) is 4.79 Å². The average Bonchev–Trinajstić information content (AvgIpc) is 2.50. The number of rotatable bonds is 8. The van der Waals surface area contributed by atoms with Gasteiger partial charge in [-0.05, 0) is 36.8 Å². The standard InChI is InChI=1S/C17H29N5O/c1-12(2)11-14-5-7-15(8-6-14)13(3)16(23)21-9-4-10-22(20)17(18)19/h5-8,12-13H,4,9-11,20H2,1-3H3,(H3,18,19)(H,21,23)/t13-/m1/s1. The van der Waals surface area contributed by atoms with Gasteiger partial charge in [0.05, 0.1) is 5.92 Å². The lowest BCUT2D eigenvalue weighted by atomic mass is 9.96. The number of guanidine groups is 1. The number of hydrazine groups is 1. The quantitative estimate of drug-likeness (QED) is 0.192. The van der Waals surface area contributed by atoms with E-state index in [-0.39, 0.29) is 17.8 Å². The van der Waals surface area contributed by atoms with Gasteiger partial charge in [-0.15, -0.1) is 0 Å². The molecule has 6 N–H and O–H groups in total. The van der Waals surface area contributed by atoms with Crippen molar-refractivity contribution in [2.75, 3.05) is 13.1 Å². The molecule has 23 heavy (non-hydrogen) atoms. The summed E-state index contributed by atoms with van der Waals surface area (Å²) in [5.74, 6) is 5.76. The summed E-state index contributed by atoms with van der Waals surface area (Å²) >= 11 is 0. The van der Waals surface area contributed by atoms with Crippen LogP contribution in [-0.2, 0) is 11.2 Å². The van der Waals surface area contributed by atoms with E-state index in [0.717, 1.165) is 17.0 Å². The summed E-state index contributed by atoms with van der Waals surface area (Å²) in [6, 6.07) is 8.25. The van der Waals surface area contributed by atoms with E-state index in [1.54, 1.807) is 0 Å². The summed E-state index contributed by atoms with van der Waals surface area (Å²) in [6.45, 7) is 7.23. The molecule has 128 valence electrons. The van der Waals surface area contributed by atoms with Crippen molar-refractivity contribution < 1.29 is 4.79 Å². The fourth-order valence-electron chi connectivity index (χ4n) is 2.30. The highest BCUT2D eigenvalue weighted by Crippen LogP contribution is 2.17. The summed E-state index contributed by atoms with van der Waals surface area (Å²) < 4.78 is 0. The van der Waals surface area contributed by atoms with Gasteiger partial charge in [-0.2, -0.15) is 0 Å². The zero-order chi connectivity index (χ0) is 17.4. The number of amides is 1. The third kappa shape index (κ3) is 6.69. The van der Waals surface area contributed by atoms with Crippen molar-refractivity contribution in [3.63, 3.8) is 0 Å². The number of carbonyl (C=O) groups excluding carboxylic acids is 1. The third-order valence-electron chi connectivity index (χ3n) is 3.70. The Morgan fingerprint density at radius 2 is 1.87 bits per heavy atom. The fourth-order valence-corrected chi connectivity index (χ4v) is 2.30. The molecule has 0 bridgehead atoms. The first kappa shape index (κ1) is 19.0. The zero-order valence-corrected chi connectivity index (χ0v) is 14.3. The maximum absolute atomic E-state index is 12.2. The Bertz CT molecular complexity index is 512. The molecule has 6 nitrogen and oxygen atoms in total. The first-order valence-corrected chi connectivity index (χ1v) is 8.04. The molecular weight excluding hydrogens is 290 g/mol. The highest BCUT2D eigenvalue weighted by molar-refractivity contribution is 5.83. The van der Waals surface area contributed by atoms with E-state index in [1.807, 2.05) is 19.1 Å². The molecule has 1 atom stereocenters. The topological polar surface area (TPSA) is 108 Å². The molecule has 0 aliphatic rings. The van der Waals surface area contributed by atoms with Crippen molar-refractivity contribution in [3.8, 4) is 0 Å². The van der Waals surface area contributed by atoms with Gasteiger partial charge in [0.15, 0.2) is 0 Å². The normalized spacial score (nSPS) is 12.0. The molecule has 0 spiro atoms. The zero-order valence-electron chi connectivity index (χ0n) is 14.3. The van der Waals surface area contributed by atoms with Crippen LogP contribution in [0.3, 0.4) is 0 Å². The van der Waals surface area contributed by atoms with Crippen LogP contribution in [0.15, 0.2) is 24.3 Å². The second kappa shape index (κ2) is 9.15. The Morgan fingerprint density at radius 3 is 2.39 bits per heavy atom. The molecule has 6 heteroatoms. The second-order valence-corrected chi connectivity index (χ2v) is 6.28. The molecule has 0 aliphatic heterocycles. The van der Waals surface area contributed by atoms with E-state index < -0.39 is 0 Å². The summed E-state index contributed by atoms with van der Waals surface area (Å²) in [5, 5.41) is 11.2. The molecule has 0 saturated carbocycles. The number of nitrogens with one attached hydrogen (secondary N) is 2. The van der Waals surface area contributed by atoms with E-state index in [1.165, 1.54) is 5.56 Å². The maximum atomic E-state index is 12.2. The Labute approximate surface area is 138 Å². The molecule has 0 aromatic heterocycles. The van der Waals surface area contributed by atoms with Crippen LogP contribution in [0.25, 0.3) is 0 Å². The van der Waals surface area contributed by atoms with E-state index in [0.29, 0.717) is 25.4 Å². The Morgan fingerprint density at radius 1 is 1.26 bits per heavy atom. The second-order valence-electron chi connectivity index (χ2n) is 6.28. The highest BCUT2D eigenvalue weighted by Gasteiger charge is 2.14. The number of hydrogen-bond acceptors (Lipinski definition) is 3. The van der Waals surface area contributed by atoms with Gasteiger partial charge >= 0.3 is 0 Å². The Kier molecular flexibility index (Phi) is 7.54. The number of nitrogens with two attached hydrogens (primary N) is 2. The minimum Gasteiger partial charge on any atom is -0.369 e. The van der Waals surface area contributed by atoms with E-state index in [4.69, 9.17) is 17.0 Å². The van der Waals surface area contributed by atoms with Crippen molar-refractivity contribution >= 4 is 11.9 Å². The number of nitrogens with zero attached hydrogens (tertiary/aromatic N) is 1. The summed E-state index contributed by atoms with van der Waals surface area (Å²) in [4.78, 5) is 12.2. The molecule has 0 heterocycles. The number of hydrogen-bond donors (Lipinski definition) is 4. The van der Waals surface area contributed by atoms with Gasteiger partial charge in [0.2, 0.25) is 11.9 Å². The van der Waals surface area contributed by atoms with E-state index >= 15 is 0 Å². The highest BCUT2D eigenvalue weighted by atomic mass is 16.1. The monoisotopic (exact) mass is 319 g/mol.